The van der Waals surface area contributed by atoms with Crippen LogP contribution in [0.15, 0.2) is 52.1 Å². The molecule has 7 nitrogen and oxygen atoms in total. The van der Waals surface area contributed by atoms with E-state index < -0.39 is 13.4 Å². The van der Waals surface area contributed by atoms with Crippen LogP contribution in [-0.4, -0.2) is 32.7 Å². The van der Waals surface area contributed by atoms with Gasteiger partial charge in [0.05, 0.1) is 11.2 Å². The van der Waals surface area contributed by atoms with Gasteiger partial charge in [0.1, 0.15) is 5.82 Å². The van der Waals surface area contributed by atoms with Crippen LogP contribution in [0.5, 0.6) is 0 Å². The van der Waals surface area contributed by atoms with Crippen molar-refractivity contribution in [3.63, 3.8) is 0 Å². The summed E-state index contributed by atoms with van der Waals surface area (Å²) in [6.45, 7) is 3.13. The molecule has 1 heterocycles. The smallest absolute Gasteiger partial charge is 0.325 e. The summed E-state index contributed by atoms with van der Waals surface area (Å²) in [6, 6.07) is 12.6. The number of nitrogens with zero attached hydrogens (tertiary/aromatic N) is 2. The van der Waals surface area contributed by atoms with Gasteiger partial charge in [-0.1, -0.05) is 61.0 Å². The predicted octanol–water partition coefficient (Wildman–Crippen LogP) is 5.82. The molecule has 0 bridgehead atoms. The molecule has 1 unspecified atom stereocenters. The Morgan fingerprint density at radius 1 is 1.21 bits per heavy atom. The molecule has 1 aromatic heterocycles. The largest absolute Gasteiger partial charge is 0.411 e. The lowest BCUT2D eigenvalue weighted by atomic mass is 10.1. The minimum atomic E-state index is -3.94. The Labute approximate surface area is 201 Å². The van der Waals surface area contributed by atoms with Crippen LogP contribution in [0.4, 0.5) is 4.39 Å². The van der Waals surface area contributed by atoms with Crippen LogP contribution in [0.2, 0.25) is 5.02 Å². The van der Waals surface area contributed by atoms with Crippen molar-refractivity contribution >= 4 is 31.0 Å². The van der Waals surface area contributed by atoms with Crippen molar-refractivity contribution in [2.75, 3.05) is 12.7 Å². The van der Waals surface area contributed by atoms with Crippen molar-refractivity contribution in [3.8, 4) is 11.5 Å². The highest BCUT2D eigenvalue weighted by atomic mass is 35.5. The molecule has 0 saturated carbocycles. The van der Waals surface area contributed by atoms with E-state index >= 15 is 0 Å². The van der Waals surface area contributed by atoms with Gasteiger partial charge in [0.2, 0.25) is 5.89 Å². The summed E-state index contributed by atoms with van der Waals surface area (Å²) in [5.41, 5.74) is 2.30. The summed E-state index contributed by atoms with van der Waals surface area (Å²) < 4.78 is 31.2. The number of halogens is 2. The first-order valence-corrected chi connectivity index (χ1v) is 13.6. The Kier molecular flexibility index (Phi) is 9.49. The fourth-order valence-electron chi connectivity index (χ4n) is 3.21. The van der Waals surface area contributed by atoms with Gasteiger partial charge in [-0.2, -0.15) is 0 Å². The standard InChI is InChI=1S/C22H26ClFN3O4PS/c1-2-5-19(17-6-3-7-18(23)20(17)24)33-22-27-26-21(31-22)16-10-8-15(9-11-16)14-25-12-4-13-32(28,29)30/h3,6-11,19,25H,2,4-5,12-14H2,1H3,(H2,28,29,30). The summed E-state index contributed by atoms with van der Waals surface area (Å²) in [6.07, 6.45) is 1.87. The van der Waals surface area contributed by atoms with Crippen LogP contribution in [0.25, 0.3) is 11.5 Å². The Hall–Kier alpha value is -1.74. The summed E-state index contributed by atoms with van der Waals surface area (Å²) in [7, 11) is -3.94. The van der Waals surface area contributed by atoms with E-state index in [-0.39, 0.29) is 16.4 Å². The summed E-state index contributed by atoms with van der Waals surface area (Å²) in [5, 5.41) is 11.7. The van der Waals surface area contributed by atoms with Crippen LogP contribution in [0.1, 0.15) is 42.6 Å². The second-order valence-corrected chi connectivity index (χ2v) is 10.9. The maximum Gasteiger partial charge on any atom is 0.325 e. The summed E-state index contributed by atoms with van der Waals surface area (Å²) >= 11 is 7.27. The average molecular weight is 514 g/mol. The van der Waals surface area contributed by atoms with Crippen LogP contribution in [0, 0.1) is 5.82 Å². The Morgan fingerprint density at radius 2 is 1.97 bits per heavy atom. The number of nitrogens with one attached hydrogen (secondary N) is 1. The molecule has 3 aromatic rings. The zero-order valence-electron chi connectivity index (χ0n) is 18.1. The van der Waals surface area contributed by atoms with E-state index in [4.69, 9.17) is 25.8 Å². The van der Waals surface area contributed by atoms with Crippen molar-refractivity contribution in [1.82, 2.24) is 15.5 Å². The highest BCUT2D eigenvalue weighted by Crippen LogP contribution is 2.41. The molecular weight excluding hydrogens is 488 g/mol. The third-order valence-corrected chi connectivity index (χ3v) is 7.19. The number of hydrogen-bond acceptors (Lipinski definition) is 6. The molecule has 33 heavy (non-hydrogen) atoms. The minimum Gasteiger partial charge on any atom is -0.411 e. The molecule has 0 aliphatic rings. The van der Waals surface area contributed by atoms with Gasteiger partial charge in [-0.05, 0) is 43.1 Å². The zero-order valence-corrected chi connectivity index (χ0v) is 20.5. The van der Waals surface area contributed by atoms with Crippen LogP contribution in [0.3, 0.4) is 0 Å². The summed E-state index contributed by atoms with van der Waals surface area (Å²) in [5.74, 6) is -0.0451. The van der Waals surface area contributed by atoms with Crippen LogP contribution < -0.4 is 5.32 Å². The number of benzene rings is 2. The lowest BCUT2D eigenvalue weighted by Gasteiger charge is -2.15. The lowest BCUT2D eigenvalue weighted by molar-refractivity contribution is 0.371. The van der Waals surface area contributed by atoms with E-state index in [9.17, 15) is 8.96 Å². The van der Waals surface area contributed by atoms with E-state index in [0.29, 0.717) is 36.2 Å². The number of aromatic nitrogens is 2. The SMILES string of the molecule is CCCC(Sc1nnc(-c2ccc(CNCCCP(=O)(O)O)cc2)o1)c1cccc(Cl)c1F. The van der Waals surface area contributed by atoms with E-state index in [1.807, 2.05) is 31.2 Å². The third kappa shape index (κ3) is 7.91. The predicted molar refractivity (Wildman–Crippen MR) is 128 cm³/mol. The molecule has 0 saturated heterocycles. The second-order valence-electron chi connectivity index (χ2n) is 7.53. The first-order valence-electron chi connectivity index (χ1n) is 10.6. The Bertz CT molecular complexity index is 1090. The van der Waals surface area contributed by atoms with E-state index in [1.54, 1.807) is 12.1 Å². The molecule has 178 valence electrons. The Morgan fingerprint density at radius 3 is 2.67 bits per heavy atom. The van der Waals surface area contributed by atoms with Gasteiger partial charge in [-0.15, -0.1) is 10.2 Å². The maximum atomic E-state index is 14.5. The van der Waals surface area contributed by atoms with Crippen molar-refractivity contribution in [3.05, 3.63) is 64.4 Å². The highest BCUT2D eigenvalue weighted by Gasteiger charge is 2.21. The minimum absolute atomic E-state index is 0.0943. The molecule has 0 amide bonds. The van der Waals surface area contributed by atoms with E-state index in [2.05, 4.69) is 15.5 Å². The monoisotopic (exact) mass is 513 g/mol. The fourth-order valence-corrected chi connectivity index (χ4v) is 5.09. The summed E-state index contributed by atoms with van der Waals surface area (Å²) in [4.78, 5) is 17.7. The van der Waals surface area contributed by atoms with Gasteiger partial charge in [-0.3, -0.25) is 4.57 Å². The highest BCUT2D eigenvalue weighted by molar-refractivity contribution is 7.99. The number of rotatable bonds is 12. The number of hydrogen-bond donors (Lipinski definition) is 3. The van der Waals surface area contributed by atoms with E-state index in [1.165, 1.54) is 17.8 Å². The lowest BCUT2D eigenvalue weighted by Crippen LogP contribution is -2.15. The molecule has 1 atom stereocenters. The molecule has 3 rings (SSSR count). The molecule has 3 N–H and O–H groups in total. The van der Waals surface area contributed by atoms with Crippen molar-refractivity contribution in [1.29, 1.82) is 0 Å². The van der Waals surface area contributed by atoms with E-state index in [0.717, 1.165) is 24.0 Å². The maximum absolute atomic E-state index is 14.5. The van der Waals surface area contributed by atoms with Gasteiger partial charge in [0.25, 0.3) is 5.22 Å². The van der Waals surface area contributed by atoms with Gasteiger partial charge in [0.15, 0.2) is 0 Å². The molecular formula is C22H26ClFN3O4PS. The normalized spacial score (nSPS) is 12.8. The van der Waals surface area contributed by atoms with Crippen molar-refractivity contribution in [2.45, 2.75) is 43.2 Å². The molecule has 0 spiro atoms. The van der Waals surface area contributed by atoms with Crippen molar-refractivity contribution in [2.24, 2.45) is 0 Å². The molecule has 0 aliphatic carbocycles. The van der Waals surface area contributed by atoms with Gasteiger partial charge in [0, 0.05) is 22.9 Å². The Balaban J connectivity index is 1.60. The molecule has 0 radical (unpaired) electrons. The molecule has 11 heteroatoms. The third-order valence-electron chi connectivity index (χ3n) is 4.86. The van der Waals surface area contributed by atoms with Gasteiger partial charge < -0.3 is 19.5 Å². The number of thioether (sulfide) groups is 1. The van der Waals surface area contributed by atoms with Crippen molar-refractivity contribution < 1.29 is 23.2 Å². The quantitative estimate of drug-likeness (QED) is 0.158. The molecule has 0 aliphatic heterocycles. The van der Waals surface area contributed by atoms with Gasteiger partial charge in [-0.25, -0.2) is 4.39 Å². The topological polar surface area (TPSA) is 108 Å². The zero-order chi connectivity index (χ0) is 23.8. The van der Waals surface area contributed by atoms with Crippen LogP contribution in [-0.2, 0) is 11.1 Å². The fraction of sp³-hybridized carbons (Fsp3) is 0.364. The second kappa shape index (κ2) is 12.1. The first kappa shape index (κ1) is 25.9. The van der Waals surface area contributed by atoms with Gasteiger partial charge >= 0.3 is 7.60 Å². The first-order chi connectivity index (χ1) is 15.8. The molecule has 2 aromatic carbocycles. The average Bonchev–Trinajstić information content (AvgIpc) is 3.23. The molecule has 0 fully saturated rings. The van der Waals surface area contributed by atoms with Crippen LogP contribution >= 0.6 is 31.0 Å².